The molecule has 5 heteroatoms. The number of allylic oxidation sites excluding steroid dienone is 1. The van der Waals surface area contributed by atoms with Crippen LogP contribution in [0.1, 0.15) is 13.8 Å². The second-order valence-electron chi connectivity index (χ2n) is 2.34. The Balaban J connectivity index is 4.99. The zero-order valence-corrected chi connectivity index (χ0v) is 8.44. The Morgan fingerprint density at radius 3 is 2.46 bits per heavy atom. The standard InChI is InChI=1S/C8H13ClN4/c1-4-12-8(13-6(3)9)7(11)5(2)10/h4,10,12H,1,11H2,2-3H3/b8-7+,10-5?,13-6+. The number of halogens is 1. The van der Waals surface area contributed by atoms with Gasteiger partial charge in [0.1, 0.15) is 5.17 Å². The minimum Gasteiger partial charge on any atom is -0.394 e. The second kappa shape index (κ2) is 5.37. The highest BCUT2D eigenvalue weighted by Crippen LogP contribution is 2.01. The van der Waals surface area contributed by atoms with Crippen molar-refractivity contribution in [1.82, 2.24) is 5.32 Å². The van der Waals surface area contributed by atoms with Gasteiger partial charge in [0.25, 0.3) is 0 Å². The lowest BCUT2D eigenvalue weighted by Gasteiger charge is -2.05. The largest absolute Gasteiger partial charge is 0.394 e. The van der Waals surface area contributed by atoms with Crippen molar-refractivity contribution < 1.29 is 0 Å². The molecule has 0 unspecified atom stereocenters. The highest BCUT2D eigenvalue weighted by atomic mass is 35.5. The smallest absolute Gasteiger partial charge is 0.156 e. The van der Waals surface area contributed by atoms with Gasteiger partial charge in [-0.25, -0.2) is 4.99 Å². The maximum absolute atomic E-state index is 7.28. The first kappa shape index (κ1) is 11.7. The molecule has 0 atom stereocenters. The Morgan fingerprint density at radius 1 is 1.62 bits per heavy atom. The Kier molecular flexibility index (Phi) is 4.84. The Bertz CT molecular complexity index is 274. The number of nitrogens with two attached hydrogens (primary N) is 1. The van der Waals surface area contributed by atoms with Gasteiger partial charge in [0.2, 0.25) is 0 Å². The summed E-state index contributed by atoms with van der Waals surface area (Å²) in [7, 11) is 0. The summed E-state index contributed by atoms with van der Waals surface area (Å²) in [5.41, 5.74) is 6.05. The lowest BCUT2D eigenvalue weighted by atomic mass is 10.3. The van der Waals surface area contributed by atoms with Crippen LogP contribution in [0.25, 0.3) is 0 Å². The van der Waals surface area contributed by atoms with E-state index < -0.39 is 0 Å². The lowest BCUT2D eigenvalue weighted by molar-refractivity contribution is 1.00. The van der Waals surface area contributed by atoms with Gasteiger partial charge in [0.05, 0.1) is 11.4 Å². The number of nitrogens with one attached hydrogen (secondary N) is 2. The molecular formula is C8H13ClN4. The number of hydrogen-bond acceptors (Lipinski definition) is 4. The molecule has 0 heterocycles. The normalized spacial score (nSPS) is 13.3. The van der Waals surface area contributed by atoms with Crippen LogP contribution in [-0.4, -0.2) is 10.9 Å². The molecule has 0 fully saturated rings. The van der Waals surface area contributed by atoms with Crippen LogP contribution in [0.4, 0.5) is 0 Å². The third-order valence-corrected chi connectivity index (χ3v) is 1.25. The zero-order chi connectivity index (χ0) is 10.4. The molecule has 4 N–H and O–H groups in total. The van der Waals surface area contributed by atoms with E-state index in [4.69, 9.17) is 22.7 Å². The minimum atomic E-state index is 0.228. The first-order valence-electron chi connectivity index (χ1n) is 3.62. The zero-order valence-electron chi connectivity index (χ0n) is 7.69. The van der Waals surface area contributed by atoms with E-state index in [1.165, 1.54) is 6.20 Å². The highest BCUT2D eigenvalue weighted by molar-refractivity contribution is 6.64. The molecule has 0 aliphatic heterocycles. The van der Waals surface area contributed by atoms with E-state index in [0.717, 1.165) is 0 Å². The Hall–Kier alpha value is -1.29. The summed E-state index contributed by atoms with van der Waals surface area (Å²) < 4.78 is 0. The van der Waals surface area contributed by atoms with Crippen molar-refractivity contribution in [3.8, 4) is 0 Å². The summed E-state index contributed by atoms with van der Waals surface area (Å²) >= 11 is 5.57. The molecule has 0 aromatic rings. The fourth-order valence-electron chi connectivity index (χ4n) is 0.599. The molecule has 0 aromatic heterocycles. The predicted molar refractivity (Wildman–Crippen MR) is 56.9 cm³/mol. The van der Waals surface area contributed by atoms with Gasteiger partial charge in [-0.05, 0) is 20.0 Å². The van der Waals surface area contributed by atoms with Crippen LogP contribution in [0, 0.1) is 5.41 Å². The fraction of sp³-hybridized carbons (Fsp3) is 0.250. The molecule has 72 valence electrons. The SMILES string of the molecule is C=CNC(/N=C(\C)Cl)=C(\N)C(C)=N. The van der Waals surface area contributed by atoms with Gasteiger partial charge in [-0.2, -0.15) is 0 Å². The van der Waals surface area contributed by atoms with E-state index >= 15 is 0 Å². The van der Waals surface area contributed by atoms with Gasteiger partial charge < -0.3 is 16.5 Å². The van der Waals surface area contributed by atoms with Gasteiger partial charge in [0, 0.05) is 0 Å². The topological polar surface area (TPSA) is 74.3 Å². The van der Waals surface area contributed by atoms with Crippen molar-refractivity contribution in [3.05, 3.63) is 24.3 Å². The molecule has 0 aliphatic carbocycles. The summed E-state index contributed by atoms with van der Waals surface area (Å²) in [5, 5.41) is 10.3. The van der Waals surface area contributed by atoms with Gasteiger partial charge in [-0.1, -0.05) is 18.2 Å². The highest BCUT2D eigenvalue weighted by Gasteiger charge is 2.02. The number of aliphatic imine (C=N–C) groups is 1. The van der Waals surface area contributed by atoms with Crippen molar-refractivity contribution in [2.24, 2.45) is 10.7 Å². The molecule has 0 bridgehead atoms. The summed E-state index contributed by atoms with van der Waals surface area (Å²) in [4.78, 5) is 3.90. The van der Waals surface area contributed by atoms with Crippen LogP contribution >= 0.6 is 11.6 Å². The van der Waals surface area contributed by atoms with Crippen LogP contribution in [0.5, 0.6) is 0 Å². The van der Waals surface area contributed by atoms with Gasteiger partial charge >= 0.3 is 0 Å². The maximum atomic E-state index is 7.28. The summed E-state index contributed by atoms with van der Waals surface area (Å²) in [6.45, 7) is 6.66. The van der Waals surface area contributed by atoms with Crippen molar-refractivity contribution in [2.45, 2.75) is 13.8 Å². The van der Waals surface area contributed by atoms with Gasteiger partial charge in [-0.3, -0.25) is 0 Å². The average Bonchev–Trinajstić information content (AvgIpc) is 2.01. The predicted octanol–water partition coefficient (Wildman–Crippen LogP) is 1.54. The fourth-order valence-corrected chi connectivity index (χ4v) is 0.683. The molecular weight excluding hydrogens is 188 g/mol. The Labute approximate surface area is 82.7 Å². The Morgan fingerprint density at radius 2 is 2.15 bits per heavy atom. The molecule has 0 aromatic carbocycles. The van der Waals surface area contributed by atoms with E-state index in [0.29, 0.717) is 11.0 Å². The minimum absolute atomic E-state index is 0.228. The summed E-state index contributed by atoms with van der Waals surface area (Å²) in [5.74, 6) is 0.343. The van der Waals surface area contributed by atoms with Crippen molar-refractivity contribution in [1.29, 1.82) is 5.41 Å². The number of hydrogen-bond donors (Lipinski definition) is 3. The van der Waals surface area contributed by atoms with Crippen molar-refractivity contribution in [2.75, 3.05) is 0 Å². The lowest BCUT2D eigenvalue weighted by Crippen LogP contribution is -2.17. The molecule has 0 radical (unpaired) electrons. The molecule has 0 aliphatic rings. The van der Waals surface area contributed by atoms with E-state index in [2.05, 4.69) is 16.9 Å². The van der Waals surface area contributed by atoms with E-state index in [1.807, 2.05) is 0 Å². The van der Waals surface area contributed by atoms with Crippen LogP contribution < -0.4 is 11.1 Å². The van der Waals surface area contributed by atoms with E-state index in [-0.39, 0.29) is 11.4 Å². The first-order valence-corrected chi connectivity index (χ1v) is 4.00. The maximum Gasteiger partial charge on any atom is 0.156 e. The third kappa shape index (κ3) is 4.32. The summed E-state index contributed by atoms with van der Waals surface area (Å²) in [6, 6.07) is 0. The van der Waals surface area contributed by atoms with Crippen LogP contribution in [0.3, 0.4) is 0 Å². The monoisotopic (exact) mass is 200 g/mol. The van der Waals surface area contributed by atoms with E-state index in [1.54, 1.807) is 13.8 Å². The molecule has 4 nitrogen and oxygen atoms in total. The molecule has 0 spiro atoms. The van der Waals surface area contributed by atoms with Crippen LogP contribution in [-0.2, 0) is 0 Å². The third-order valence-electron chi connectivity index (χ3n) is 1.16. The number of rotatable bonds is 4. The second-order valence-corrected chi connectivity index (χ2v) is 2.89. The average molecular weight is 201 g/mol. The van der Waals surface area contributed by atoms with E-state index in [9.17, 15) is 0 Å². The molecule has 0 amide bonds. The van der Waals surface area contributed by atoms with Crippen LogP contribution in [0.2, 0.25) is 0 Å². The molecule has 0 saturated heterocycles. The van der Waals surface area contributed by atoms with Gasteiger partial charge in [-0.15, -0.1) is 0 Å². The summed E-state index contributed by atoms with van der Waals surface area (Å²) in [6.07, 6.45) is 1.43. The molecule has 0 saturated carbocycles. The first-order chi connectivity index (χ1) is 5.99. The molecule has 13 heavy (non-hydrogen) atoms. The van der Waals surface area contributed by atoms with Gasteiger partial charge in [0.15, 0.2) is 5.82 Å². The quantitative estimate of drug-likeness (QED) is 0.603. The molecule has 0 rings (SSSR count). The van der Waals surface area contributed by atoms with Crippen LogP contribution in [0.15, 0.2) is 29.3 Å². The number of nitrogens with zero attached hydrogens (tertiary/aromatic N) is 1. The van der Waals surface area contributed by atoms with Crippen molar-refractivity contribution >= 4 is 22.5 Å². The van der Waals surface area contributed by atoms with Crippen molar-refractivity contribution in [3.63, 3.8) is 0 Å².